The largest absolute Gasteiger partial charge is 0.399 e. The molecule has 2 aromatic carbocycles. The third-order valence-electron chi connectivity index (χ3n) is 3.10. The number of rotatable bonds is 2. The normalized spacial score (nSPS) is 10.9. The number of nitrogens with two attached hydrogens (primary N) is 1. The fourth-order valence-corrected chi connectivity index (χ4v) is 2.68. The molecule has 0 aliphatic carbocycles. The van der Waals surface area contributed by atoms with Gasteiger partial charge in [0.2, 0.25) is 0 Å². The lowest BCUT2D eigenvalue weighted by Crippen LogP contribution is -1.99. The Morgan fingerprint density at radius 1 is 1.06 bits per heavy atom. The number of fused-ring (bicyclic) bond motifs is 1. The Hall–Kier alpha value is -1.74. The lowest BCUT2D eigenvalue weighted by Gasteiger charge is -2.08. The number of hydrogen-bond donors (Lipinski definition) is 1. The predicted molar refractivity (Wildman–Crippen MR) is 79.6 cm³/mol. The summed E-state index contributed by atoms with van der Waals surface area (Å²) in [6.45, 7) is 0.842. The second-order valence-electron chi connectivity index (χ2n) is 4.35. The maximum absolute atomic E-state index is 5.75. The van der Waals surface area contributed by atoms with E-state index in [2.05, 4.69) is 63.1 Å². The van der Waals surface area contributed by atoms with E-state index in [-0.39, 0.29) is 0 Å². The van der Waals surface area contributed by atoms with E-state index >= 15 is 0 Å². The molecule has 3 rings (SSSR count). The van der Waals surface area contributed by atoms with E-state index in [1.54, 1.807) is 0 Å². The van der Waals surface area contributed by atoms with Crippen molar-refractivity contribution in [1.29, 1.82) is 0 Å². The summed E-state index contributed by atoms with van der Waals surface area (Å²) in [7, 11) is 0. The monoisotopic (exact) mass is 300 g/mol. The number of aromatic nitrogens is 1. The van der Waals surface area contributed by atoms with E-state index in [9.17, 15) is 0 Å². The third kappa shape index (κ3) is 2.02. The number of benzene rings is 2. The molecule has 90 valence electrons. The average Bonchev–Trinajstić information content (AvgIpc) is 2.76. The zero-order valence-corrected chi connectivity index (χ0v) is 11.4. The Bertz CT molecular complexity index is 701. The summed E-state index contributed by atoms with van der Waals surface area (Å²) >= 11 is 3.56. The van der Waals surface area contributed by atoms with Crippen LogP contribution in [0.5, 0.6) is 0 Å². The predicted octanol–water partition coefficient (Wildman–Crippen LogP) is 4.03. The molecule has 0 spiro atoms. The molecule has 1 aromatic heterocycles. The summed E-state index contributed by atoms with van der Waals surface area (Å²) < 4.78 is 3.30. The number of para-hydroxylation sites is 1. The second-order valence-corrected chi connectivity index (χ2v) is 5.21. The van der Waals surface area contributed by atoms with E-state index in [1.807, 2.05) is 12.1 Å². The summed E-state index contributed by atoms with van der Waals surface area (Å²) in [6.07, 6.45) is 2.12. The van der Waals surface area contributed by atoms with Crippen molar-refractivity contribution in [1.82, 2.24) is 4.57 Å². The van der Waals surface area contributed by atoms with Gasteiger partial charge in [-0.15, -0.1) is 0 Å². The minimum atomic E-state index is 0.781. The first-order valence-electron chi connectivity index (χ1n) is 5.82. The van der Waals surface area contributed by atoms with E-state index in [0.717, 1.165) is 16.7 Å². The van der Waals surface area contributed by atoms with Crippen molar-refractivity contribution >= 4 is 32.5 Å². The molecule has 2 N–H and O–H groups in total. The molecule has 0 aliphatic rings. The van der Waals surface area contributed by atoms with Crippen LogP contribution in [-0.2, 0) is 6.54 Å². The van der Waals surface area contributed by atoms with Crippen LogP contribution in [0.3, 0.4) is 0 Å². The van der Waals surface area contributed by atoms with Crippen LogP contribution in [-0.4, -0.2) is 4.57 Å². The molecular formula is C15H13BrN2. The number of anilines is 1. The fraction of sp³-hybridized carbons (Fsp3) is 0.0667. The molecule has 0 unspecified atom stereocenters. The van der Waals surface area contributed by atoms with Crippen molar-refractivity contribution in [3.05, 3.63) is 64.8 Å². The van der Waals surface area contributed by atoms with Gasteiger partial charge >= 0.3 is 0 Å². The van der Waals surface area contributed by atoms with Crippen LogP contribution in [0.2, 0.25) is 0 Å². The third-order valence-corrected chi connectivity index (χ3v) is 3.84. The fourth-order valence-electron chi connectivity index (χ4n) is 2.15. The highest BCUT2D eigenvalue weighted by atomic mass is 79.9. The van der Waals surface area contributed by atoms with Crippen molar-refractivity contribution in [3.63, 3.8) is 0 Å². The van der Waals surface area contributed by atoms with Gasteiger partial charge in [0.15, 0.2) is 0 Å². The van der Waals surface area contributed by atoms with E-state index in [4.69, 9.17) is 5.73 Å². The molecule has 0 saturated heterocycles. The number of nitrogens with zero attached hydrogens (tertiary/aromatic N) is 1. The summed E-state index contributed by atoms with van der Waals surface area (Å²) in [5.41, 5.74) is 9.01. The van der Waals surface area contributed by atoms with Crippen molar-refractivity contribution in [2.75, 3.05) is 5.73 Å². The summed E-state index contributed by atoms with van der Waals surface area (Å²) in [4.78, 5) is 0. The van der Waals surface area contributed by atoms with Crippen molar-refractivity contribution < 1.29 is 0 Å². The Morgan fingerprint density at radius 2 is 1.89 bits per heavy atom. The molecule has 0 bridgehead atoms. The van der Waals surface area contributed by atoms with Crippen LogP contribution < -0.4 is 5.73 Å². The van der Waals surface area contributed by atoms with E-state index in [0.29, 0.717) is 0 Å². The van der Waals surface area contributed by atoms with Gasteiger partial charge in [0.1, 0.15) is 0 Å². The summed E-state index contributed by atoms with van der Waals surface area (Å²) in [5, 5.41) is 1.27. The van der Waals surface area contributed by atoms with Crippen LogP contribution in [0.1, 0.15) is 5.56 Å². The van der Waals surface area contributed by atoms with E-state index in [1.165, 1.54) is 16.5 Å². The SMILES string of the molecule is Nc1ccc(Cn2ccc3ccccc32)c(Br)c1. The molecule has 2 nitrogen and oxygen atoms in total. The first kappa shape index (κ1) is 11.4. The van der Waals surface area contributed by atoms with Gasteiger partial charge in [-0.25, -0.2) is 0 Å². The van der Waals surface area contributed by atoms with Crippen LogP contribution in [0.4, 0.5) is 5.69 Å². The Kier molecular flexibility index (Phi) is 2.84. The molecule has 1 heterocycles. The minimum Gasteiger partial charge on any atom is -0.399 e. The molecule has 0 fully saturated rings. The maximum Gasteiger partial charge on any atom is 0.0487 e. The van der Waals surface area contributed by atoms with Gasteiger partial charge in [0, 0.05) is 28.4 Å². The van der Waals surface area contributed by atoms with Crippen molar-refractivity contribution in [2.24, 2.45) is 0 Å². The van der Waals surface area contributed by atoms with Gasteiger partial charge in [-0.3, -0.25) is 0 Å². The molecule has 0 atom stereocenters. The van der Waals surface area contributed by atoms with Crippen LogP contribution in [0, 0.1) is 0 Å². The maximum atomic E-state index is 5.75. The molecule has 3 heteroatoms. The van der Waals surface area contributed by atoms with Gasteiger partial charge < -0.3 is 10.3 Å². The minimum absolute atomic E-state index is 0.781. The smallest absolute Gasteiger partial charge is 0.0487 e. The van der Waals surface area contributed by atoms with Crippen LogP contribution >= 0.6 is 15.9 Å². The lowest BCUT2D eigenvalue weighted by atomic mass is 10.2. The van der Waals surface area contributed by atoms with Gasteiger partial charge in [-0.05, 0) is 35.2 Å². The zero-order valence-electron chi connectivity index (χ0n) is 9.81. The number of nitrogen functional groups attached to an aromatic ring is 1. The first-order valence-corrected chi connectivity index (χ1v) is 6.61. The summed E-state index contributed by atoms with van der Waals surface area (Å²) in [6, 6.07) is 16.5. The van der Waals surface area contributed by atoms with Crippen LogP contribution in [0.15, 0.2) is 59.2 Å². The molecule has 0 radical (unpaired) electrons. The number of hydrogen-bond acceptors (Lipinski definition) is 1. The highest BCUT2D eigenvalue weighted by Gasteiger charge is 2.04. The standard InChI is InChI=1S/C15H13BrN2/c16-14-9-13(17)6-5-12(14)10-18-8-7-11-3-1-2-4-15(11)18/h1-9H,10,17H2. The molecule has 3 aromatic rings. The van der Waals surface area contributed by atoms with Gasteiger partial charge in [-0.2, -0.15) is 0 Å². The lowest BCUT2D eigenvalue weighted by molar-refractivity contribution is 0.833. The van der Waals surface area contributed by atoms with Gasteiger partial charge in [0.25, 0.3) is 0 Å². The quantitative estimate of drug-likeness (QED) is 0.712. The van der Waals surface area contributed by atoms with Gasteiger partial charge in [-0.1, -0.05) is 40.2 Å². The average molecular weight is 301 g/mol. The zero-order chi connectivity index (χ0) is 12.5. The number of halogens is 1. The summed E-state index contributed by atoms with van der Waals surface area (Å²) in [5.74, 6) is 0. The van der Waals surface area contributed by atoms with E-state index < -0.39 is 0 Å². The Labute approximate surface area is 114 Å². The van der Waals surface area contributed by atoms with Crippen LogP contribution in [0.25, 0.3) is 10.9 Å². The Balaban J connectivity index is 2.01. The molecule has 0 saturated carbocycles. The first-order chi connectivity index (χ1) is 8.74. The topological polar surface area (TPSA) is 30.9 Å². The van der Waals surface area contributed by atoms with Crippen molar-refractivity contribution in [3.8, 4) is 0 Å². The van der Waals surface area contributed by atoms with Crippen molar-refractivity contribution in [2.45, 2.75) is 6.54 Å². The highest BCUT2D eigenvalue weighted by molar-refractivity contribution is 9.10. The molecule has 0 aliphatic heterocycles. The molecule has 18 heavy (non-hydrogen) atoms. The Morgan fingerprint density at radius 3 is 2.72 bits per heavy atom. The second kappa shape index (κ2) is 4.50. The molecule has 0 amide bonds. The van der Waals surface area contributed by atoms with Gasteiger partial charge in [0.05, 0.1) is 0 Å². The molecular weight excluding hydrogens is 288 g/mol. The highest BCUT2D eigenvalue weighted by Crippen LogP contribution is 2.23.